The molecule has 1 fully saturated rings. The molecular formula is C17H17N5O4. The van der Waals surface area contributed by atoms with E-state index in [1.54, 1.807) is 24.3 Å². The maximum atomic E-state index is 12.0. The van der Waals surface area contributed by atoms with E-state index in [4.69, 9.17) is 4.74 Å². The van der Waals surface area contributed by atoms with Crippen LogP contribution in [0.15, 0.2) is 47.7 Å². The Morgan fingerprint density at radius 1 is 1.31 bits per heavy atom. The average molecular weight is 355 g/mol. The molecule has 1 saturated heterocycles. The number of ether oxygens (including phenoxy) is 1. The molecule has 0 bridgehead atoms. The highest BCUT2D eigenvalue weighted by Crippen LogP contribution is 2.25. The predicted octanol–water partition coefficient (Wildman–Crippen LogP) is 1.59. The van der Waals surface area contributed by atoms with Gasteiger partial charge in [0.1, 0.15) is 5.69 Å². The van der Waals surface area contributed by atoms with Crippen LogP contribution in [0, 0.1) is 10.1 Å². The molecule has 1 aliphatic heterocycles. The summed E-state index contributed by atoms with van der Waals surface area (Å²) in [6.07, 6.45) is 2.91. The van der Waals surface area contributed by atoms with Crippen molar-refractivity contribution in [2.24, 2.45) is 5.10 Å². The van der Waals surface area contributed by atoms with E-state index in [0.717, 1.165) is 5.69 Å². The topological polar surface area (TPSA) is 110 Å². The fraction of sp³-hybridized carbons (Fsp3) is 0.235. The minimum Gasteiger partial charge on any atom is -0.378 e. The predicted molar refractivity (Wildman–Crippen MR) is 95.4 cm³/mol. The third-order valence-electron chi connectivity index (χ3n) is 3.84. The number of hydrazone groups is 1. The smallest absolute Gasteiger partial charge is 0.289 e. The first-order valence-corrected chi connectivity index (χ1v) is 8.01. The fourth-order valence-electron chi connectivity index (χ4n) is 2.57. The summed E-state index contributed by atoms with van der Waals surface area (Å²) in [7, 11) is 0. The van der Waals surface area contributed by atoms with Crippen molar-refractivity contribution < 1.29 is 14.5 Å². The van der Waals surface area contributed by atoms with Crippen molar-refractivity contribution in [3.8, 4) is 0 Å². The number of anilines is 1. The number of nitrogens with one attached hydrogen (secondary N) is 1. The van der Waals surface area contributed by atoms with Gasteiger partial charge in [-0.3, -0.25) is 19.9 Å². The Morgan fingerprint density at radius 2 is 2.12 bits per heavy atom. The normalized spacial score (nSPS) is 14.4. The van der Waals surface area contributed by atoms with E-state index in [0.29, 0.717) is 31.9 Å². The molecule has 3 rings (SSSR count). The number of carbonyl (C=O) groups excluding carboxylic acids is 1. The Kier molecular flexibility index (Phi) is 5.49. The van der Waals surface area contributed by atoms with Crippen molar-refractivity contribution in [1.29, 1.82) is 0 Å². The number of non-ortho nitro benzene ring substituents is 1. The van der Waals surface area contributed by atoms with Gasteiger partial charge in [0, 0.05) is 42.7 Å². The average Bonchev–Trinajstić information content (AvgIpc) is 2.69. The van der Waals surface area contributed by atoms with Crippen LogP contribution in [0.3, 0.4) is 0 Å². The highest BCUT2D eigenvalue weighted by molar-refractivity contribution is 5.94. The number of amides is 1. The second-order valence-corrected chi connectivity index (χ2v) is 5.51. The van der Waals surface area contributed by atoms with Gasteiger partial charge in [-0.15, -0.1) is 0 Å². The monoisotopic (exact) mass is 355 g/mol. The molecule has 1 N–H and O–H groups in total. The molecule has 0 radical (unpaired) electrons. The Hall–Kier alpha value is -3.33. The zero-order valence-electron chi connectivity index (χ0n) is 13.9. The maximum absolute atomic E-state index is 12.0. The third kappa shape index (κ3) is 4.19. The van der Waals surface area contributed by atoms with Crippen LogP contribution in [-0.2, 0) is 4.74 Å². The van der Waals surface area contributed by atoms with E-state index in [1.165, 1.54) is 24.5 Å². The molecule has 0 atom stereocenters. The van der Waals surface area contributed by atoms with E-state index in [1.807, 2.05) is 0 Å². The van der Waals surface area contributed by atoms with Gasteiger partial charge in [0.15, 0.2) is 0 Å². The lowest BCUT2D eigenvalue weighted by Gasteiger charge is -2.29. The summed E-state index contributed by atoms with van der Waals surface area (Å²) in [6.45, 7) is 2.53. The summed E-state index contributed by atoms with van der Waals surface area (Å²) < 4.78 is 5.34. The van der Waals surface area contributed by atoms with Gasteiger partial charge < -0.3 is 9.64 Å². The number of benzene rings is 1. The summed E-state index contributed by atoms with van der Waals surface area (Å²) >= 11 is 0. The van der Waals surface area contributed by atoms with Gasteiger partial charge in [0.2, 0.25) is 0 Å². The highest BCUT2D eigenvalue weighted by atomic mass is 16.6. The van der Waals surface area contributed by atoms with Crippen LogP contribution < -0.4 is 10.3 Å². The van der Waals surface area contributed by atoms with Crippen LogP contribution in [0.25, 0.3) is 0 Å². The summed E-state index contributed by atoms with van der Waals surface area (Å²) in [5, 5.41) is 15.0. The van der Waals surface area contributed by atoms with Gasteiger partial charge in [-0.2, -0.15) is 5.10 Å². The van der Waals surface area contributed by atoms with Crippen LogP contribution in [-0.4, -0.2) is 48.3 Å². The van der Waals surface area contributed by atoms with Crippen LogP contribution in [0.4, 0.5) is 11.4 Å². The molecule has 1 aliphatic rings. The molecule has 0 aliphatic carbocycles. The van der Waals surface area contributed by atoms with E-state index in [9.17, 15) is 14.9 Å². The number of nitrogens with zero attached hydrogens (tertiary/aromatic N) is 4. The molecule has 0 spiro atoms. The van der Waals surface area contributed by atoms with Gasteiger partial charge in [-0.25, -0.2) is 5.43 Å². The number of aromatic nitrogens is 1. The summed E-state index contributed by atoms with van der Waals surface area (Å²) in [5.74, 6) is -0.458. The van der Waals surface area contributed by atoms with Crippen molar-refractivity contribution in [3.05, 3.63) is 64.0 Å². The molecule has 1 aromatic carbocycles. The van der Waals surface area contributed by atoms with E-state index >= 15 is 0 Å². The minimum atomic E-state index is -0.465. The lowest BCUT2D eigenvalue weighted by atomic mass is 10.1. The number of hydrogen-bond acceptors (Lipinski definition) is 7. The molecule has 2 aromatic rings. The molecule has 0 unspecified atom stereocenters. The quantitative estimate of drug-likeness (QED) is 0.495. The van der Waals surface area contributed by atoms with Crippen LogP contribution in [0.2, 0.25) is 0 Å². The van der Waals surface area contributed by atoms with Crippen LogP contribution in [0.1, 0.15) is 16.1 Å². The second-order valence-electron chi connectivity index (χ2n) is 5.51. The van der Waals surface area contributed by atoms with E-state index in [2.05, 4.69) is 20.4 Å². The van der Waals surface area contributed by atoms with E-state index in [-0.39, 0.29) is 11.4 Å². The van der Waals surface area contributed by atoms with Crippen molar-refractivity contribution in [2.45, 2.75) is 0 Å². The van der Waals surface area contributed by atoms with Crippen molar-refractivity contribution >= 4 is 23.5 Å². The zero-order chi connectivity index (χ0) is 18.4. The second kappa shape index (κ2) is 8.17. The molecule has 134 valence electrons. The van der Waals surface area contributed by atoms with Gasteiger partial charge in [0.25, 0.3) is 11.6 Å². The Bertz CT molecular complexity index is 819. The first-order chi connectivity index (χ1) is 12.6. The lowest BCUT2D eigenvalue weighted by Crippen LogP contribution is -2.36. The number of hydrogen-bond donors (Lipinski definition) is 1. The molecule has 1 amide bonds. The minimum absolute atomic E-state index is 0.0421. The van der Waals surface area contributed by atoms with Gasteiger partial charge >= 0.3 is 0 Å². The Balaban J connectivity index is 1.80. The molecule has 1 aromatic heterocycles. The number of morpholine rings is 1. The number of rotatable bonds is 5. The summed E-state index contributed by atoms with van der Waals surface area (Å²) in [6, 6.07) is 9.54. The highest BCUT2D eigenvalue weighted by Gasteiger charge is 2.17. The van der Waals surface area contributed by atoms with Gasteiger partial charge in [-0.05, 0) is 18.2 Å². The standard InChI is InChI=1S/C17H17N5O4/c23-17(15-3-1-2-6-18-15)20-19-12-13-11-14(22(24)25)4-5-16(13)21-7-9-26-10-8-21/h1-6,11-12H,7-10H2,(H,20,23)/b19-12-. The number of nitro groups is 1. The first-order valence-electron chi connectivity index (χ1n) is 8.01. The van der Waals surface area contributed by atoms with Crippen molar-refractivity contribution in [2.75, 3.05) is 31.2 Å². The van der Waals surface area contributed by atoms with Crippen LogP contribution >= 0.6 is 0 Å². The molecular weight excluding hydrogens is 338 g/mol. The summed E-state index contributed by atoms with van der Waals surface area (Å²) in [5.41, 5.74) is 3.92. The summed E-state index contributed by atoms with van der Waals surface area (Å²) in [4.78, 5) is 28.6. The Labute approximate surface area is 149 Å². The fourth-order valence-corrected chi connectivity index (χ4v) is 2.57. The third-order valence-corrected chi connectivity index (χ3v) is 3.84. The number of nitro benzene ring substituents is 1. The number of carbonyl (C=O) groups is 1. The van der Waals surface area contributed by atoms with Gasteiger partial charge in [0.05, 0.1) is 24.4 Å². The maximum Gasteiger partial charge on any atom is 0.289 e. The first kappa shape index (κ1) is 17.5. The van der Waals surface area contributed by atoms with E-state index < -0.39 is 10.8 Å². The van der Waals surface area contributed by atoms with Crippen LogP contribution in [0.5, 0.6) is 0 Å². The molecule has 2 heterocycles. The number of pyridine rings is 1. The largest absolute Gasteiger partial charge is 0.378 e. The molecule has 9 nitrogen and oxygen atoms in total. The molecule has 26 heavy (non-hydrogen) atoms. The van der Waals surface area contributed by atoms with Gasteiger partial charge in [-0.1, -0.05) is 6.07 Å². The Morgan fingerprint density at radius 3 is 2.81 bits per heavy atom. The van der Waals surface area contributed by atoms with Crippen molar-refractivity contribution in [3.63, 3.8) is 0 Å². The van der Waals surface area contributed by atoms with Crippen molar-refractivity contribution in [1.82, 2.24) is 10.4 Å². The molecule has 9 heteroatoms. The molecule has 0 saturated carbocycles. The lowest BCUT2D eigenvalue weighted by molar-refractivity contribution is -0.384. The SMILES string of the molecule is O=C(N/N=C\c1cc([N+](=O)[O-])ccc1N1CCOCC1)c1ccccn1. The zero-order valence-corrected chi connectivity index (χ0v) is 13.9.